The van der Waals surface area contributed by atoms with E-state index in [9.17, 15) is 14.4 Å². The maximum atomic E-state index is 12.6. The Morgan fingerprint density at radius 1 is 1.10 bits per heavy atom. The number of nitrogens with zero attached hydrogens (tertiary/aromatic N) is 1. The standard InChI is InChI=1S/C23H22N2O5/c1-4-29-23(28)21-14(2)20(15(3)25-21)18(26)13-30-19(27)11-10-17-8-5-7-16-9-6-12-24-22(16)17/h5-12,25H,4,13H2,1-3H3/b11-10+. The van der Waals surface area contributed by atoms with Gasteiger partial charge in [-0.2, -0.15) is 0 Å². The van der Waals surface area contributed by atoms with Crippen molar-refractivity contribution < 1.29 is 23.9 Å². The molecule has 2 aromatic heterocycles. The van der Waals surface area contributed by atoms with E-state index in [4.69, 9.17) is 9.47 Å². The number of Topliss-reactive ketones (excluding diaryl/α,β-unsaturated/α-hetero) is 1. The van der Waals surface area contributed by atoms with E-state index >= 15 is 0 Å². The number of rotatable bonds is 7. The number of ketones is 1. The molecule has 0 saturated carbocycles. The quantitative estimate of drug-likeness (QED) is 0.364. The molecule has 0 spiro atoms. The molecule has 1 N–H and O–H groups in total. The highest BCUT2D eigenvalue weighted by molar-refractivity contribution is 6.04. The lowest BCUT2D eigenvalue weighted by Gasteiger charge is -2.04. The van der Waals surface area contributed by atoms with Gasteiger partial charge in [0.05, 0.1) is 12.1 Å². The number of hydrogen-bond donors (Lipinski definition) is 1. The first-order valence-corrected chi connectivity index (χ1v) is 9.50. The molecule has 0 unspecified atom stereocenters. The molecule has 30 heavy (non-hydrogen) atoms. The maximum absolute atomic E-state index is 12.6. The minimum atomic E-state index is -0.646. The fourth-order valence-electron chi connectivity index (χ4n) is 3.25. The molecule has 0 amide bonds. The zero-order valence-electron chi connectivity index (χ0n) is 17.0. The highest BCUT2D eigenvalue weighted by Gasteiger charge is 2.23. The van der Waals surface area contributed by atoms with Crippen LogP contribution in [0.25, 0.3) is 17.0 Å². The molecule has 0 radical (unpaired) electrons. The molecule has 3 aromatic rings. The number of H-pyrrole nitrogens is 1. The summed E-state index contributed by atoms with van der Waals surface area (Å²) >= 11 is 0. The van der Waals surface area contributed by atoms with Gasteiger partial charge in [0.25, 0.3) is 0 Å². The van der Waals surface area contributed by atoms with Gasteiger partial charge in [-0.3, -0.25) is 9.78 Å². The Balaban J connectivity index is 1.67. The van der Waals surface area contributed by atoms with Gasteiger partial charge in [0.15, 0.2) is 6.61 Å². The molecule has 7 nitrogen and oxygen atoms in total. The van der Waals surface area contributed by atoms with Gasteiger partial charge in [-0.25, -0.2) is 9.59 Å². The minimum Gasteiger partial charge on any atom is -0.461 e. The van der Waals surface area contributed by atoms with E-state index in [0.29, 0.717) is 16.8 Å². The molecule has 3 rings (SSSR count). The van der Waals surface area contributed by atoms with Gasteiger partial charge < -0.3 is 14.5 Å². The molecule has 0 saturated heterocycles. The van der Waals surface area contributed by atoms with Crippen LogP contribution in [0.1, 0.15) is 44.6 Å². The molecule has 0 aliphatic heterocycles. The van der Waals surface area contributed by atoms with E-state index in [1.54, 1.807) is 33.0 Å². The van der Waals surface area contributed by atoms with E-state index in [1.165, 1.54) is 6.08 Å². The summed E-state index contributed by atoms with van der Waals surface area (Å²) in [5, 5.41) is 0.957. The normalized spacial score (nSPS) is 11.0. The minimum absolute atomic E-state index is 0.229. The summed E-state index contributed by atoms with van der Waals surface area (Å²) in [5.74, 6) is -1.57. The third-order valence-electron chi connectivity index (χ3n) is 4.60. The molecule has 154 valence electrons. The summed E-state index contributed by atoms with van der Waals surface area (Å²) < 4.78 is 10.1. The molecule has 0 bridgehead atoms. The van der Waals surface area contributed by atoms with Crippen molar-refractivity contribution in [2.45, 2.75) is 20.8 Å². The number of esters is 2. The lowest BCUT2D eigenvalue weighted by Crippen LogP contribution is -2.14. The summed E-state index contributed by atoms with van der Waals surface area (Å²) in [5.41, 5.74) is 3.09. The van der Waals surface area contributed by atoms with Gasteiger partial charge in [-0.1, -0.05) is 24.3 Å². The Hall–Kier alpha value is -3.74. The number of aryl methyl sites for hydroxylation is 1. The van der Waals surface area contributed by atoms with Crippen molar-refractivity contribution >= 4 is 34.7 Å². The van der Waals surface area contributed by atoms with Crippen LogP contribution in [0.3, 0.4) is 0 Å². The number of aromatic nitrogens is 2. The average molecular weight is 406 g/mol. The van der Waals surface area contributed by atoms with Gasteiger partial charge >= 0.3 is 11.9 Å². The Kier molecular flexibility index (Phi) is 6.41. The first-order chi connectivity index (χ1) is 14.4. The predicted molar refractivity (Wildman–Crippen MR) is 112 cm³/mol. The van der Waals surface area contributed by atoms with E-state index in [-0.39, 0.29) is 12.3 Å². The second-order valence-electron chi connectivity index (χ2n) is 6.63. The molecule has 0 aliphatic rings. The second kappa shape index (κ2) is 9.17. The van der Waals surface area contributed by atoms with Crippen LogP contribution < -0.4 is 0 Å². The number of benzene rings is 1. The summed E-state index contributed by atoms with van der Waals surface area (Å²) in [4.78, 5) is 43.8. The van der Waals surface area contributed by atoms with Crippen LogP contribution in [-0.4, -0.2) is 40.9 Å². The summed E-state index contributed by atoms with van der Waals surface area (Å²) in [6.07, 6.45) is 4.55. The van der Waals surface area contributed by atoms with E-state index in [2.05, 4.69) is 9.97 Å². The van der Waals surface area contributed by atoms with Gasteiger partial charge in [0, 0.05) is 34.5 Å². The van der Waals surface area contributed by atoms with Crippen molar-refractivity contribution in [3.63, 3.8) is 0 Å². The molecular weight excluding hydrogens is 384 g/mol. The Labute approximate surface area is 173 Å². The van der Waals surface area contributed by atoms with Crippen molar-refractivity contribution in [3.05, 3.63) is 70.7 Å². The van der Waals surface area contributed by atoms with Crippen molar-refractivity contribution in [1.82, 2.24) is 9.97 Å². The summed E-state index contributed by atoms with van der Waals surface area (Å²) in [6.45, 7) is 4.83. The van der Waals surface area contributed by atoms with Crippen LogP contribution in [0.2, 0.25) is 0 Å². The lowest BCUT2D eigenvalue weighted by atomic mass is 10.1. The number of carbonyl (C=O) groups excluding carboxylic acids is 3. The molecular formula is C23H22N2O5. The number of pyridine rings is 1. The molecule has 7 heteroatoms. The molecule has 0 aliphatic carbocycles. The number of fused-ring (bicyclic) bond motifs is 1. The highest BCUT2D eigenvalue weighted by atomic mass is 16.5. The van der Waals surface area contributed by atoms with Gasteiger partial charge in [-0.05, 0) is 38.5 Å². The van der Waals surface area contributed by atoms with Crippen LogP contribution in [0, 0.1) is 13.8 Å². The lowest BCUT2D eigenvalue weighted by molar-refractivity contribution is -0.136. The second-order valence-corrected chi connectivity index (χ2v) is 6.63. The van der Waals surface area contributed by atoms with E-state index in [0.717, 1.165) is 16.5 Å². The maximum Gasteiger partial charge on any atom is 0.355 e. The molecule has 1 aromatic carbocycles. The number of carbonyl (C=O) groups is 3. The third-order valence-corrected chi connectivity index (χ3v) is 4.60. The number of nitrogens with one attached hydrogen (secondary N) is 1. The first kappa shape index (κ1) is 21.0. The largest absolute Gasteiger partial charge is 0.461 e. The Morgan fingerprint density at radius 2 is 1.87 bits per heavy atom. The van der Waals surface area contributed by atoms with Gasteiger partial charge in [-0.15, -0.1) is 0 Å². The number of hydrogen-bond acceptors (Lipinski definition) is 6. The van der Waals surface area contributed by atoms with E-state index < -0.39 is 24.3 Å². The smallest absolute Gasteiger partial charge is 0.355 e. The van der Waals surface area contributed by atoms with Gasteiger partial charge in [0.2, 0.25) is 5.78 Å². The van der Waals surface area contributed by atoms with Crippen LogP contribution in [0.15, 0.2) is 42.6 Å². The van der Waals surface area contributed by atoms with Crippen LogP contribution in [0.4, 0.5) is 0 Å². The van der Waals surface area contributed by atoms with E-state index in [1.807, 2.05) is 30.3 Å². The van der Waals surface area contributed by atoms with Crippen LogP contribution in [0.5, 0.6) is 0 Å². The molecule has 0 atom stereocenters. The monoisotopic (exact) mass is 406 g/mol. The third kappa shape index (κ3) is 4.46. The zero-order chi connectivity index (χ0) is 21.7. The number of aromatic amines is 1. The Bertz CT molecular complexity index is 1140. The highest BCUT2D eigenvalue weighted by Crippen LogP contribution is 2.20. The fraction of sp³-hybridized carbons (Fsp3) is 0.217. The van der Waals surface area contributed by atoms with Crippen molar-refractivity contribution in [3.8, 4) is 0 Å². The summed E-state index contributed by atoms with van der Waals surface area (Å²) in [7, 11) is 0. The van der Waals surface area contributed by atoms with Crippen LogP contribution in [-0.2, 0) is 14.3 Å². The van der Waals surface area contributed by atoms with Crippen molar-refractivity contribution in [2.24, 2.45) is 0 Å². The van der Waals surface area contributed by atoms with Gasteiger partial charge in [0.1, 0.15) is 5.69 Å². The van der Waals surface area contributed by atoms with Crippen molar-refractivity contribution in [1.29, 1.82) is 0 Å². The predicted octanol–water partition coefficient (Wildman–Crippen LogP) is 3.80. The summed E-state index contributed by atoms with van der Waals surface area (Å²) in [6, 6.07) is 9.42. The molecule has 2 heterocycles. The zero-order valence-corrected chi connectivity index (χ0v) is 17.0. The van der Waals surface area contributed by atoms with Crippen molar-refractivity contribution in [2.75, 3.05) is 13.2 Å². The fourth-order valence-corrected chi connectivity index (χ4v) is 3.25. The first-order valence-electron chi connectivity index (χ1n) is 9.50. The number of para-hydroxylation sites is 1. The number of ether oxygens (including phenoxy) is 2. The SMILES string of the molecule is CCOC(=O)c1[nH]c(C)c(C(=O)COC(=O)/C=C/c2cccc3cccnc23)c1C. The van der Waals surface area contributed by atoms with Crippen LogP contribution >= 0.6 is 0 Å². The molecule has 0 fully saturated rings. The average Bonchev–Trinajstić information content (AvgIpc) is 3.04. The Morgan fingerprint density at radius 3 is 2.63 bits per heavy atom. The topological polar surface area (TPSA) is 98.4 Å².